The van der Waals surface area contributed by atoms with Crippen LogP contribution in [0, 0.1) is 13.8 Å². The van der Waals surface area contributed by atoms with E-state index in [0.717, 1.165) is 27.7 Å². The summed E-state index contributed by atoms with van der Waals surface area (Å²) in [6.07, 6.45) is 5.13. The summed E-state index contributed by atoms with van der Waals surface area (Å²) in [6.45, 7) is 6.78. The SMILES string of the molecule is CCOC(=O)c1cnc2c(C)c(C)ccc2c1NCc1cccnc1. The van der Waals surface area contributed by atoms with E-state index in [1.54, 1.807) is 25.5 Å². The number of anilines is 1. The Balaban J connectivity index is 2.08. The van der Waals surface area contributed by atoms with Crippen LogP contribution in [-0.4, -0.2) is 22.5 Å². The third kappa shape index (κ3) is 3.45. The summed E-state index contributed by atoms with van der Waals surface area (Å²) < 4.78 is 5.19. The second kappa shape index (κ2) is 7.30. The van der Waals surface area contributed by atoms with Crippen molar-refractivity contribution < 1.29 is 9.53 Å². The monoisotopic (exact) mass is 335 g/mol. The molecule has 2 heterocycles. The van der Waals surface area contributed by atoms with Gasteiger partial charge in [-0.2, -0.15) is 0 Å². The van der Waals surface area contributed by atoms with Gasteiger partial charge >= 0.3 is 5.97 Å². The van der Waals surface area contributed by atoms with E-state index in [1.807, 2.05) is 31.2 Å². The van der Waals surface area contributed by atoms with Crippen molar-refractivity contribution in [3.8, 4) is 0 Å². The smallest absolute Gasteiger partial charge is 0.341 e. The van der Waals surface area contributed by atoms with Crippen molar-refractivity contribution in [1.29, 1.82) is 0 Å². The lowest BCUT2D eigenvalue weighted by atomic mass is 10.0. The molecule has 0 atom stereocenters. The summed E-state index contributed by atoms with van der Waals surface area (Å²) in [4.78, 5) is 21.0. The molecule has 0 aliphatic rings. The maximum absolute atomic E-state index is 12.4. The number of aromatic nitrogens is 2. The quantitative estimate of drug-likeness (QED) is 0.713. The highest BCUT2D eigenvalue weighted by molar-refractivity contribution is 6.05. The average Bonchev–Trinajstić information content (AvgIpc) is 2.63. The van der Waals surface area contributed by atoms with Crippen LogP contribution in [0.4, 0.5) is 5.69 Å². The highest BCUT2D eigenvalue weighted by atomic mass is 16.5. The van der Waals surface area contributed by atoms with Gasteiger partial charge in [0.1, 0.15) is 5.56 Å². The zero-order valence-corrected chi connectivity index (χ0v) is 14.7. The van der Waals surface area contributed by atoms with Crippen LogP contribution >= 0.6 is 0 Å². The minimum absolute atomic E-state index is 0.325. The molecule has 128 valence electrons. The predicted octanol–water partition coefficient (Wildman–Crippen LogP) is 4.04. The molecule has 0 radical (unpaired) electrons. The molecule has 1 aromatic carbocycles. The van der Waals surface area contributed by atoms with E-state index >= 15 is 0 Å². The Morgan fingerprint density at radius 2 is 2.04 bits per heavy atom. The van der Waals surface area contributed by atoms with Crippen LogP contribution in [0.3, 0.4) is 0 Å². The van der Waals surface area contributed by atoms with Crippen LogP contribution in [0.25, 0.3) is 10.9 Å². The van der Waals surface area contributed by atoms with Gasteiger partial charge in [-0.1, -0.05) is 18.2 Å². The number of rotatable bonds is 5. The molecule has 0 spiro atoms. The standard InChI is InChI=1S/C20H21N3O2/c1-4-25-20(24)17-12-23-18-14(3)13(2)7-8-16(18)19(17)22-11-15-6-5-9-21-10-15/h5-10,12H,4,11H2,1-3H3,(H,22,23). The summed E-state index contributed by atoms with van der Waals surface area (Å²) in [5, 5.41) is 4.29. The van der Waals surface area contributed by atoms with Gasteiger partial charge in [-0.15, -0.1) is 0 Å². The second-order valence-corrected chi connectivity index (χ2v) is 5.89. The predicted molar refractivity (Wildman–Crippen MR) is 98.7 cm³/mol. The molecule has 3 aromatic rings. The van der Waals surface area contributed by atoms with Crippen molar-refractivity contribution in [2.45, 2.75) is 27.3 Å². The van der Waals surface area contributed by atoms with Gasteiger partial charge in [0.15, 0.2) is 0 Å². The van der Waals surface area contributed by atoms with Crippen molar-refractivity contribution in [1.82, 2.24) is 9.97 Å². The lowest BCUT2D eigenvalue weighted by Gasteiger charge is -2.15. The minimum atomic E-state index is -0.371. The molecule has 5 heteroatoms. The minimum Gasteiger partial charge on any atom is -0.462 e. The Hall–Kier alpha value is -2.95. The normalized spacial score (nSPS) is 10.7. The molecule has 25 heavy (non-hydrogen) atoms. The molecule has 0 aliphatic heterocycles. The maximum Gasteiger partial charge on any atom is 0.341 e. The molecule has 0 bridgehead atoms. The molecule has 1 N–H and O–H groups in total. The van der Waals surface area contributed by atoms with E-state index in [-0.39, 0.29) is 5.97 Å². The van der Waals surface area contributed by atoms with Crippen LogP contribution in [0.5, 0.6) is 0 Å². The Labute approximate surface area is 147 Å². The van der Waals surface area contributed by atoms with Crippen LogP contribution in [0.2, 0.25) is 0 Å². The lowest BCUT2D eigenvalue weighted by Crippen LogP contribution is -2.11. The fourth-order valence-corrected chi connectivity index (χ4v) is 2.76. The van der Waals surface area contributed by atoms with Gasteiger partial charge in [0, 0.05) is 30.5 Å². The van der Waals surface area contributed by atoms with Gasteiger partial charge in [-0.25, -0.2) is 4.79 Å². The number of esters is 1. The second-order valence-electron chi connectivity index (χ2n) is 5.89. The molecule has 0 aliphatic carbocycles. The van der Waals surface area contributed by atoms with Crippen LogP contribution in [-0.2, 0) is 11.3 Å². The molecule has 0 saturated heterocycles. The summed E-state index contributed by atoms with van der Waals surface area (Å²) in [6, 6.07) is 7.92. The number of pyridine rings is 2. The summed E-state index contributed by atoms with van der Waals surface area (Å²) in [5.74, 6) is -0.371. The topological polar surface area (TPSA) is 64.1 Å². The Morgan fingerprint density at radius 1 is 1.20 bits per heavy atom. The van der Waals surface area contributed by atoms with Crippen LogP contribution in [0.15, 0.2) is 42.9 Å². The van der Waals surface area contributed by atoms with Gasteiger partial charge in [-0.05, 0) is 43.5 Å². The van der Waals surface area contributed by atoms with Gasteiger partial charge in [-0.3, -0.25) is 9.97 Å². The highest BCUT2D eigenvalue weighted by Crippen LogP contribution is 2.30. The molecule has 3 rings (SSSR count). The van der Waals surface area contributed by atoms with E-state index in [9.17, 15) is 4.79 Å². The van der Waals surface area contributed by atoms with E-state index < -0.39 is 0 Å². The number of nitrogens with zero attached hydrogens (tertiary/aromatic N) is 2. The molecular formula is C20H21N3O2. The summed E-state index contributed by atoms with van der Waals surface area (Å²) >= 11 is 0. The fraction of sp³-hybridized carbons (Fsp3) is 0.250. The number of nitrogens with one attached hydrogen (secondary N) is 1. The van der Waals surface area contributed by atoms with Crippen molar-refractivity contribution in [3.05, 3.63) is 65.1 Å². The average molecular weight is 335 g/mol. The Morgan fingerprint density at radius 3 is 2.76 bits per heavy atom. The van der Waals surface area contributed by atoms with Gasteiger partial charge in [0.2, 0.25) is 0 Å². The van der Waals surface area contributed by atoms with E-state index in [4.69, 9.17) is 4.74 Å². The fourth-order valence-electron chi connectivity index (χ4n) is 2.76. The van der Waals surface area contributed by atoms with Gasteiger partial charge < -0.3 is 10.1 Å². The zero-order chi connectivity index (χ0) is 17.8. The Bertz CT molecular complexity index is 908. The third-order valence-electron chi connectivity index (χ3n) is 4.25. The number of fused-ring (bicyclic) bond motifs is 1. The number of hydrogen-bond donors (Lipinski definition) is 1. The first-order valence-electron chi connectivity index (χ1n) is 8.30. The first-order chi connectivity index (χ1) is 12.1. The highest BCUT2D eigenvalue weighted by Gasteiger charge is 2.17. The number of hydrogen-bond acceptors (Lipinski definition) is 5. The summed E-state index contributed by atoms with van der Waals surface area (Å²) in [7, 11) is 0. The molecule has 0 amide bonds. The van der Waals surface area contributed by atoms with Gasteiger partial charge in [0.25, 0.3) is 0 Å². The van der Waals surface area contributed by atoms with E-state index in [0.29, 0.717) is 18.7 Å². The van der Waals surface area contributed by atoms with E-state index in [1.165, 1.54) is 5.56 Å². The van der Waals surface area contributed by atoms with Crippen LogP contribution < -0.4 is 5.32 Å². The van der Waals surface area contributed by atoms with Crippen molar-refractivity contribution in [3.63, 3.8) is 0 Å². The number of benzene rings is 1. The number of ether oxygens (including phenoxy) is 1. The molecule has 2 aromatic heterocycles. The molecule has 5 nitrogen and oxygen atoms in total. The number of aryl methyl sites for hydroxylation is 2. The molecular weight excluding hydrogens is 314 g/mol. The van der Waals surface area contributed by atoms with Crippen molar-refractivity contribution >= 4 is 22.6 Å². The molecule has 0 unspecified atom stereocenters. The number of carbonyl (C=O) groups is 1. The lowest BCUT2D eigenvalue weighted by molar-refractivity contribution is 0.0527. The number of carbonyl (C=O) groups excluding carboxylic acids is 1. The van der Waals surface area contributed by atoms with Gasteiger partial charge in [0.05, 0.1) is 17.8 Å². The third-order valence-corrected chi connectivity index (χ3v) is 4.25. The molecule has 0 saturated carbocycles. The Kier molecular flexibility index (Phi) is 4.93. The summed E-state index contributed by atoms with van der Waals surface area (Å²) in [5.41, 5.74) is 5.39. The van der Waals surface area contributed by atoms with E-state index in [2.05, 4.69) is 22.2 Å². The first-order valence-corrected chi connectivity index (χ1v) is 8.30. The van der Waals surface area contributed by atoms with Crippen molar-refractivity contribution in [2.75, 3.05) is 11.9 Å². The zero-order valence-electron chi connectivity index (χ0n) is 14.7. The maximum atomic E-state index is 12.4. The molecule has 0 fully saturated rings. The first kappa shape index (κ1) is 16.9. The van der Waals surface area contributed by atoms with Crippen molar-refractivity contribution in [2.24, 2.45) is 0 Å². The largest absolute Gasteiger partial charge is 0.462 e. The van der Waals surface area contributed by atoms with Crippen LogP contribution in [0.1, 0.15) is 34.0 Å².